The van der Waals surface area contributed by atoms with Crippen LogP contribution in [0.25, 0.3) is 0 Å². The van der Waals surface area contributed by atoms with Crippen LogP contribution >= 0.6 is 0 Å². The number of piperidine rings is 1. The first-order valence-electron chi connectivity index (χ1n) is 9.69. The van der Waals surface area contributed by atoms with E-state index in [1.165, 1.54) is 19.3 Å². The van der Waals surface area contributed by atoms with Gasteiger partial charge in [-0.05, 0) is 57.1 Å². The SMILES string of the molecule is CCNC(=NCC(c1ccco1)N1CCCCC1)NCCc1ccco1. The number of guanidine groups is 1. The van der Waals surface area contributed by atoms with Crippen molar-refractivity contribution in [1.29, 1.82) is 0 Å². The van der Waals surface area contributed by atoms with Crippen LogP contribution in [-0.4, -0.2) is 43.6 Å². The van der Waals surface area contributed by atoms with Crippen LogP contribution in [0.4, 0.5) is 0 Å². The molecule has 142 valence electrons. The topological polar surface area (TPSA) is 65.9 Å². The largest absolute Gasteiger partial charge is 0.469 e. The molecular formula is C20H30N4O2. The van der Waals surface area contributed by atoms with Crippen molar-refractivity contribution in [1.82, 2.24) is 15.5 Å². The third-order valence-electron chi connectivity index (χ3n) is 4.71. The Hall–Kier alpha value is -2.21. The maximum absolute atomic E-state index is 5.71. The van der Waals surface area contributed by atoms with Crippen LogP contribution in [0.5, 0.6) is 0 Å². The lowest BCUT2D eigenvalue weighted by molar-refractivity contribution is 0.150. The first-order valence-corrected chi connectivity index (χ1v) is 9.69. The molecule has 2 aromatic heterocycles. The van der Waals surface area contributed by atoms with Gasteiger partial charge >= 0.3 is 0 Å². The molecule has 1 saturated heterocycles. The average molecular weight is 358 g/mol. The van der Waals surface area contributed by atoms with Gasteiger partial charge in [-0.25, -0.2) is 0 Å². The quantitative estimate of drug-likeness (QED) is 0.560. The van der Waals surface area contributed by atoms with Gasteiger partial charge < -0.3 is 19.5 Å². The number of nitrogens with one attached hydrogen (secondary N) is 2. The smallest absolute Gasteiger partial charge is 0.191 e. The lowest BCUT2D eigenvalue weighted by Crippen LogP contribution is -2.40. The third kappa shape index (κ3) is 5.39. The zero-order valence-electron chi connectivity index (χ0n) is 15.6. The van der Waals surface area contributed by atoms with E-state index in [0.29, 0.717) is 6.54 Å². The second-order valence-electron chi connectivity index (χ2n) is 6.60. The van der Waals surface area contributed by atoms with E-state index < -0.39 is 0 Å². The number of aliphatic imine (C=N–C) groups is 1. The van der Waals surface area contributed by atoms with Crippen LogP contribution in [0.1, 0.15) is 43.7 Å². The lowest BCUT2D eigenvalue weighted by Gasteiger charge is -2.32. The number of likely N-dealkylation sites (tertiary alicyclic amines) is 1. The van der Waals surface area contributed by atoms with Gasteiger partial charge in [0.15, 0.2) is 5.96 Å². The molecule has 0 radical (unpaired) electrons. The minimum absolute atomic E-state index is 0.200. The Morgan fingerprint density at radius 2 is 1.92 bits per heavy atom. The molecule has 0 saturated carbocycles. The molecule has 1 aliphatic heterocycles. The highest BCUT2D eigenvalue weighted by Crippen LogP contribution is 2.25. The second-order valence-corrected chi connectivity index (χ2v) is 6.60. The molecule has 3 heterocycles. The highest BCUT2D eigenvalue weighted by atomic mass is 16.3. The third-order valence-corrected chi connectivity index (χ3v) is 4.71. The molecule has 0 aliphatic carbocycles. The molecule has 2 N–H and O–H groups in total. The highest BCUT2D eigenvalue weighted by Gasteiger charge is 2.24. The van der Waals surface area contributed by atoms with Crippen LogP contribution < -0.4 is 10.6 Å². The minimum Gasteiger partial charge on any atom is -0.469 e. The zero-order valence-corrected chi connectivity index (χ0v) is 15.6. The van der Waals surface area contributed by atoms with Gasteiger partial charge in [-0.15, -0.1) is 0 Å². The number of hydrogen-bond donors (Lipinski definition) is 2. The molecule has 0 spiro atoms. The Balaban J connectivity index is 1.60. The van der Waals surface area contributed by atoms with E-state index in [1.54, 1.807) is 12.5 Å². The monoisotopic (exact) mass is 358 g/mol. The van der Waals surface area contributed by atoms with E-state index in [9.17, 15) is 0 Å². The van der Waals surface area contributed by atoms with Crippen LogP contribution in [-0.2, 0) is 6.42 Å². The zero-order chi connectivity index (χ0) is 18.0. The van der Waals surface area contributed by atoms with Gasteiger partial charge in [0.05, 0.1) is 25.1 Å². The van der Waals surface area contributed by atoms with Crippen LogP contribution in [0.15, 0.2) is 50.6 Å². The Morgan fingerprint density at radius 3 is 2.62 bits per heavy atom. The van der Waals surface area contributed by atoms with Crippen molar-refractivity contribution in [2.24, 2.45) is 4.99 Å². The Bertz CT molecular complexity index is 631. The van der Waals surface area contributed by atoms with Crippen molar-refractivity contribution in [3.05, 3.63) is 48.3 Å². The summed E-state index contributed by atoms with van der Waals surface area (Å²) in [5.74, 6) is 2.82. The average Bonchev–Trinajstić information content (AvgIpc) is 3.37. The van der Waals surface area contributed by atoms with Gasteiger partial charge in [0.1, 0.15) is 11.5 Å². The highest BCUT2D eigenvalue weighted by molar-refractivity contribution is 5.79. The van der Waals surface area contributed by atoms with Crippen molar-refractivity contribution in [2.45, 2.75) is 38.6 Å². The van der Waals surface area contributed by atoms with E-state index in [1.807, 2.05) is 18.2 Å². The van der Waals surface area contributed by atoms with Gasteiger partial charge in [0, 0.05) is 19.5 Å². The van der Waals surface area contributed by atoms with Gasteiger partial charge in [-0.1, -0.05) is 6.42 Å². The molecule has 26 heavy (non-hydrogen) atoms. The molecule has 0 bridgehead atoms. The van der Waals surface area contributed by atoms with Crippen LogP contribution in [0.3, 0.4) is 0 Å². The molecule has 3 rings (SSSR count). The molecule has 6 nitrogen and oxygen atoms in total. The van der Waals surface area contributed by atoms with Crippen molar-refractivity contribution in [3.8, 4) is 0 Å². The maximum atomic E-state index is 5.71. The normalized spacial score (nSPS) is 17.2. The van der Waals surface area contributed by atoms with Crippen molar-refractivity contribution in [3.63, 3.8) is 0 Å². The summed E-state index contributed by atoms with van der Waals surface area (Å²) in [5, 5.41) is 6.72. The first kappa shape index (κ1) is 18.6. The van der Waals surface area contributed by atoms with Gasteiger partial charge in [-0.2, -0.15) is 0 Å². The molecule has 0 aromatic carbocycles. The molecular weight excluding hydrogens is 328 g/mol. The molecule has 1 atom stereocenters. The van der Waals surface area contributed by atoms with Gasteiger partial charge in [0.25, 0.3) is 0 Å². The van der Waals surface area contributed by atoms with Gasteiger partial charge in [-0.3, -0.25) is 9.89 Å². The summed E-state index contributed by atoms with van der Waals surface area (Å²) >= 11 is 0. The molecule has 1 fully saturated rings. The summed E-state index contributed by atoms with van der Waals surface area (Å²) < 4.78 is 11.1. The van der Waals surface area contributed by atoms with Crippen LogP contribution in [0.2, 0.25) is 0 Å². The summed E-state index contributed by atoms with van der Waals surface area (Å²) in [6, 6.07) is 8.14. The van der Waals surface area contributed by atoms with E-state index in [-0.39, 0.29) is 6.04 Å². The number of hydrogen-bond acceptors (Lipinski definition) is 4. The van der Waals surface area contributed by atoms with E-state index >= 15 is 0 Å². The predicted molar refractivity (Wildman–Crippen MR) is 103 cm³/mol. The summed E-state index contributed by atoms with van der Waals surface area (Å²) in [4.78, 5) is 7.32. The van der Waals surface area contributed by atoms with Crippen LogP contribution in [0, 0.1) is 0 Å². The summed E-state index contributed by atoms with van der Waals surface area (Å²) in [6.07, 6.45) is 8.13. The molecule has 2 aromatic rings. The summed E-state index contributed by atoms with van der Waals surface area (Å²) in [5.41, 5.74) is 0. The second kappa shape index (κ2) is 10.1. The molecule has 0 amide bonds. The van der Waals surface area contributed by atoms with Crippen molar-refractivity contribution >= 4 is 5.96 Å². The fourth-order valence-corrected chi connectivity index (χ4v) is 3.37. The number of rotatable bonds is 8. The Labute approximate surface area is 155 Å². The van der Waals surface area contributed by atoms with Gasteiger partial charge in [0.2, 0.25) is 0 Å². The number of furan rings is 2. The lowest BCUT2D eigenvalue weighted by atomic mass is 10.1. The molecule has 1 aliphatic rings. The summed E-state index contributed by atoms with van der Waals surface area (Å²) in [7, 11) is 0. The standard InChI is InChI=1S/C20H30N4O2/c1-2-21-20(22-11-10-17-8-6-14-25-17)23-16-18(19-9-7-15-26-19)24-12-4-3-5-13-24/h6-9,14-15,18H,2-5,10-13,16H2,1H3,(H2,21,22,23). The minimum atomic E-state index is 0.200. The van der Waals surface area contributed by atoms with Crippen molar-refractivity contribution in [2.75, 3.05) is 32.7 Å². The number of nitrogens with zero attached hydrogens (tertiary/aromatic N) is 2. The predicted octanol–water partition coefficient (Wildman–Crippen LogP) is 3.20. The first-order chi connectivity index (χ1) is 12.9. The Kier molecular flexibility index (Phi) is 7.19. The molecule has 6 heteroatoms. The molecule has 1 unspecified atom stereocenters. The maximum Gasteiger partial charge on any atom is 0.191 e. The summed E-state index contributed by atoms with van der Waals surface area (Å²) in [6.45, 7) is 6.62. The van der Waals surface area contributed by atoms with E-state index in [4.69, 9.17) is 13.8 Å². The van der Waals surface area contributed by atoms with E-state index in [0.717, 1.165) is 50.1 Å². The van der Waals surface area contributed by atoms with E-state index in [2.05, 4.69) is 28.5 Å². The fraction of sp³-hybridized carbons (Fsp3) is 0.550. The van der Waals surface area contributed by atoms with Crippen molar-refractivity contribution < 1.29 is 8.83 Å². The Morgan fingerprint density at radius 1 is 1.12 bits per heavy atom. The fourth-order valence-electron chi connectivity index (χ4n) is 3.37.